The van der Waals surface area contributed by atoms with Gasteiger partial charge in [-0.25, -0.2) is 0 Å². The third-order valence-electron chi connectivity index (χ3n) is 3.73. The maximum atomic E-state index is 12.0. The van der Waals surface area contributed by atoms with Crippen molar-refractivity contribution in [2.24, 2.45) is 5.10 Å². The minimum absolute atomic E-state index is 0.208. The van der Waals surface area contributed by atoms with Gasteiger partial charge in [-0.2, -0.15) is 5.01 Å². The topological polar surface area (TPSA) is 60.4 Å². The molecule has 1 atom stereocenters. The number of hydrogen-bond acceptors (Lipinski definition) is 5. The van der Waals surface area contributed by atoms with Crippen LogP contribution in [0.1, 0.15) is 24.3 Å². The third kappa shape index (κ3) is 3.46. The summed E-state index contributed by atoms with van der Waals surface area (Å²) >= 11 is 3.43. The normalized spacial score (nSPS) is 16.2. The Balaban J connectivity index is 1.96. The molecule has 0 bridgehead atoms. The SMILES string of the molecule is COc1ccc(C2=NN(C(C)=O)[C@H](c3cccc(Br)c3)O2)cc1OC. The Hall–Kier alpha value is -2.54. The molecule has 0 N–H and O–H groups in total. The Kier molecular flexibility index (Phi) is 4.94. The summed E-state index contributed by atoms with van der Waals surface area (Å²) < 4.78 is 17.4. The van der Waals surface area contributed by atoms with Crippen LogP contribution in [0.15, 0.2) is 52.0 Å². The first-order valence-electron chi connectivity index (χ1n) is 7.56. The monoisotopic (exact) mass is 404 g/mol. The van der Waals surface area contributed by atoms with E-state index in [9.17, 15) is 4.79 Å². The molecule has 130 valence electrons. The van der Waals surface area contributed by atoms with Gasteiger partial charge in [-0.15, -0.1) is 5.10 Å². The highest BCUT2D eigenvalue weighted by Crippen LogP contribution is 2.34. The minimum Gasteiger partial charge on any atom is -0.493 e. The van der Waals surface area contributed by atoms with Gasteiger partial charge in [0.15, 0.2) is 11.5 Å². The van der Waals surface area contributed by atoms with E-state index in [0.717, 1.165) is 10.0 Å². The van der Waals surface area contributed by atoms with E-state index in [-0.39, 0.29) is 5.91 Å². The molecule has 0 fully saturated rings. The third-order valence-corrected chi connectivity index (χ3v) is 4.22. The Labute approximate surface area is 154 Å². The van der Waals surface area contributed by atoms with Crippen LogP contribution in [0.25, 0.3) is 0 Å². The Bertz CT molecular complexity index is 838. The van der Waals surface area contributed by atoms with Gasteiger partial charge < -0.3 is 14.2 Å². The number of carbonyl (C=O) groups is 1. The van der Waals surface area contributed by atoms with Crippen LogP contribution < -0.4 is 9.47 Å². The average molecular weight is 405 g/mol. The second kappa shape index (κ2) is 7.14. The van der Waals surface area contributed by atoms with Crippen molar-refractivity contribution in [2.45, 2.75) is 13.2 Å². The molecule has 6 nitrogen and oxygen atoms in total. The van der Waals surface area contributed by atoms with Crippen molar-refractivity contribution < 1.29 is 19.0 Å². The Morgan fingerprint density at radius 3 is 2.56 bits per heavy atom. The van der Waals surface area contributed by atoms with Gasteiger partial charge in [0.05, 0.1) is 14.2 Å². The first-order valence-corrected chi connectivity index (χ1v) is 8.35. The van der Waals surface area contributed by atoms with Crippen LogP contribution in [0.3, 0.4) is 0 Å². The number of carbonyl (C=O) groups excluding carboxylic acids is 1. The van der Waals surface area contributed by atoms with Crippen molar-refractivity contribution in [1.29, 1.82) is 0 Å². The zero-order valence-electron chi connectivity index (χ0n) is 14.0. The predicted octanol–water partition coefficient (Wildman–Crippen LogP) is 3.71. The van der Waals surface area contributed by atoms with Crippen LogP contribution in [-0.2, 0) is 9.53 Å². The number of benzene rings is 2. The molecule has 0 saturated carbocycles. The highest BCUT2D eigenvalue weighted by atomic mass is 79.9. The highest BCUT2D eigenvalue weighted by molar-refractivity contribution is 9.10. The van der Waals surface area contributed by atoms with Crippen molar-refractivity contribution in [3.63, 3.8) is 0 Å². The molecular formula is C18H17BrN2O4. The van der Waals surface area contributed by atoms with Gasteiger partial charge in [-0.3, -0.25) is 4.79 Å². The van der Waals surface area contributed by atoms with Gasteiger partial charge in [-0.1, -0.05) is 28.1 Å². The molecule has 1 aliphatic heterocycles. The lowest BCUT2D eigenvalue weighted by atomic mass is 10.2. The lowest BCUT2D eigenvalue weighted by Crippen LogP contribution is -2.25. The number of methoxy groups -OCH3 is 2. The zero-order chi connectivity index (χ0) is 18.0. The second-order valence-corrected chi connectivity index (χ2v) is 6.28. The summed E-state index contributed by atoms with van der Waals surface area (Å²) in [5.41, 5.74) is 1.52. The highest BCUT2D eigenvalue weighted by Gasteiger charge is 2.33. The number of rotatable bonds is 4. The van der Waals surface area contributed by atoms with E-state index < -0.39 is 6.23 Å². The molecule has 25 heavy (non-hydrogen) atoms. The van der Waals surface area contributed by atoms with Gasteiger partial charge in [0, 0.05) is 22.5 Å². The van der Waals surface area contributed by atoms with Gasteiger partial charge in [0.2, 0.25) is 18.0 Å². The van der Waals surface area contributed by atoms with Crippen molar-refractivity contribution in [3.05, 3.63) is 58.1 Å². The summed E-state index contributed by atoms with van der Waals surface area (Å²) in [7, 11) is 3.13. The summed E-state index contributed by atoms with van der Waals surface area (Å²) in [6.45, 7) is 1.45. The van der Waals surface area contributed by atoms with Crippen molar-refractivity contribution in [1.82, 2.24) is 5.01 Å². The van der Waals surface area contributed by atoms with E-state index in [2.05, 4.69) is 21.0 Å². The standard InChI is InChI=1S/C18H17BrN2O4/c1-11(22)21-18(13-5-4-6-14(19)9-13)25-17(20-21)12-7-8-15(23-2)16(10-12)24-3/h4-10,18H,1-3H3/t18-/m0/s1. The van der Waals surface area contributed by atoms with Crippen LogP contribution in [-0.4, -0.2) is 31.0 Å². The number of amides is 1. The van der Waals surface area contributed by atoms with Crippen LogP contribution in [0, 0.1) is 0 Å². The van der Waals surface area contributed by atoms with Crippen LogP contribution in [0.4, 0.5) is 0 Å². The van der Waals surface area contributed by atoms with Crippen LogP contribution >= 0.6 is 15.9 Å². The molecule has 0 saturated heterocycles. The summed E-state index contributed by atoms with van der Waals surface area (Å²) in [6.07, 6.45) is -0.613. The first-order chi connectivity index (χ1) is 12.0. The number of nitrogens with zero attached hydrogens (tertiary/aromatic N) is 2. The molecule has 0 aromatic heterocycles. The molecule has 0 aliphatic carbocycles. The quantitative estimate of drug-likeness (QED) is 0.779. The fourth-order valence-electron chi connectivity index (χ4n) is 2.53. The molecule has 0 spiro atoms. The largest absolute Gasteiger partial charge is 0.493 e. The van der Waals surface area contributed by atoms with Gasteiger partial charge >= 0.3 is 0 Å². The van der Waals surface area contributed by atoms with E-state index >= 15 is 0 Å². The van der Waals surface area contributed by atoms with E-state index in [1.165, 1.54) is 11.9 Å². The number of hydrazone groups is 1. The lowest BCUT2D eigenvalue weighted by Gasteiger charge is -2.19. The van der Waals surface area contributed by atoms with E-state index in [1.807, 2.05) is 30.3 Å². The number of halogens is 1. The van der Waals surface area contributed by atoms with Crippen molar-refractivity contribution in [3.8, 4) is 11.5 Å². The molecule has 1 heterocycles. The maximum absolute atomic E-state index is 12.0. The average Bonchev–Trinajstić information content (AvgIpc) is 3.07. The van der Waals surface area contributed by atoms with E-state index in [4.69, 9.17) is 14.2 Å². The molecule has 7 heteroatoms. The molecule has 2 aromatic carbocycles. The van der Waals surface area contributed by atoms with Crippen molar-refractivity contribution in [2.75, 3.05) is 14.2 Å². The smallest absolute Gasteiger partial charge is 0.243 e. The summed E-state index contributed by atoms with van der Waals surface area (Å²) in [5, 5.41) is 5.67. The zero-order valence-corrected chi connectivity index (χ0v) is 15.6. The molecular weight excluding hydrogens is 388 g/mol. The number of hydrogen-bond donors (Lipinski definition) is 0. The fourth-order valence-corrected chi connectivity index (χ4v) is 2.95. The molecule has 0 unspecified atom stereocenters. The van der Waals surface area contributed by atoms with Gasteiger partial charge in [0.25, 0.3) is 0 Å². The summed E-state index contributed by atoms with van der Waals surface area (Å²) in [6, 6.07) is 12.9. The molecule has 3 rings (SSSR count). The second-order valence-electron chi connectivity index (χ2n) is 5.36. The Morgan fingerprint density at radius 2 is 1.92 bits per heavy atom. The molecule has 1 aliphatic rings. The summed E-state index contributed by atoms with van der Waals surface area (Å²) in [5.74, 6) is 1.31. The van der Waals surface area contributed by atoms with E-state index in [1.54, 1.807) is 26.4 Å². The Morgan fingerprint density at radius 1 is 1.16 bits per heavy atom. The molecule has 2 aromatic rings. The molecule has 1 amide bonds. The van der Waals surface area contributed by atoms with Gasteiger partial charge in [-0.05, 0) is 30.3 Å². The number of ether oxygens (including phenoxy) is 3. The van der Waals surface area contributed by atoms with Gasteiger partial charge in [0.1, 0.15) is 0 Å². The maximum Gasteiger partial charge on any atom is 0.243 e. The molecule has 0 radical (unpaired) electrons. The van der Waals surface area contributed by atoms with Crippen LogP contribution in [0.2, 0.25) is 0 Å². The van der Waals surface area contributed by atoms with Crippen molar-refractivity contribution >= 4 is 27.7 Å². The lowest BCUT2D eigenvalue weighted by molar-refractivity contribution is -0.135. The summed E-state index contributed by atoms with van der Waals surface area (Å²) in [4.78, 5) is 12.0. The van der Waals surface area contributed by atoms with Crippen LogP contribution in [0.5, 0.6) is 11.5 Å². The minimum atomic E-state index is -0.613. The predicted molar refractivity (Wildman–Crippen MR) is 96.6 cm³/mol. The van der Waals surface area contributed by atoms with E-state index in [0.29, 0.717) is 23.0 Å². The fraction of sp³-hybridized carbons (Fsp3) is 0.222. The first kappa shape index (κ1) is 17.3.